The van der Waals surface area contributed by atoms with Crippen LogP contribution in [0.15, 0.2) is 36.8 Å². The maximum absolute atomic E-state index is 13.1. The number of hydrogen-bond donors (Lipinski definition) is 0. The zero-order chi connectivity index (χ0) is 18.8. The van der Waals surface area contributed by atoms with Gasteiger partial charge in [0, 0.05) is 39.0 Å². The molecule has 0 bridgehead atoms. The Morgan fingerprint density at radius 2 is 2.00 bits per heavy atom. The van der Waals surface area contributed by atoms with Crippen LogP contribution < -0.4 is 4.74 Å². The molecule has 8 nitrogen and oxygen atoms in total. The Bertz CT molecular complexity index is 816. The molecule has 0 unspecified atom stereocenters. The molecule has 2 fully saturated rings. The van der Waals surface area contributed by atoms with Crippen LogP contribution in [0.25, 0.3) is 0 Å². The first-order chi connectivity index (χ1) is 13.1. The van der Waals surface area contributed by atoms with Gasteiger partial charge < -0.3 is 14.5 Å². The molecule has 4 rings (SSSR count). The molecule has 2 atom stereocenters. The smallest absolute Gasteiger partial charge is 0.272 e. The molecule has 0 radical (unpaired) electrons. The quantitative estimate of drug-likeness (QED) is 0.806. The van der Waals surface area contributed by atoms with Crippen LogP contribution in [0.3, 0.4) is 0 Å². The van der Waals surface area contributed by atoms with E-state index in [0.717, 1.165) is 25.9 Å². The van der Waals surface area contributed by atoms with E-state index in [1.54, 1.807) is 42.7 Å². The monoisotopic (exact) mass is 369 g/mol. The van der Waals surface area contributed by atoms with Gasteiger partial charge in [0.05, 0.1) is 12.7 Å². The zero-order valence-electron chi connectivity index (χ0n) is 15.3. The first kappa shape index (κ1) is 17.5. The third-order valence-electron chi connectivity index (χ3n) is 5.20. The van der Waals surface area contributed by atoms with E-state index in [4.69, 9.17) is 4.74 Å². The second kappa shape index (κ2) is 7.38. The molecule has 2 aliphatic rings. The lowest BCUT2D eigenvalue weighted by Crippen LogP contribution is -2.47. The van der Waals surface area contributed by atoms with Gasteiger partial charge in [-0.1, -0.05) is 0 Å². The topological polar surface area (TPSA) is 80.6 Å². The van der Waals surface area contributed by atoms with Crippen LogP contribution in [0, 0.1) is 0 Å². The highest BCUT2D eigenvalue weighted by Crippen LogP contribution is 2.27. The molecule has 2 aromatic rings. The van der Waals surface area contributed by atoms with Crippen molar-refractivity contribution in [1.82, 2.24) is 24.6 Å². The van der Waals surface area contributed by atoms with Crippen LogP contribution in [0.1, 0.15) is 29.8 Å². The Kier molecular flexibility index (Phi) is 4.79. The molecule has 2 aromatic heterocycles. The SMILES string of the molecule is Cn1nccc1C(=O)N1C[C@@H](Oc2cccnc2)C[C@H]1C(=O)N1CCCC1. The van der Waals surface area contributed by atoms with E-state index >= 15 is 0 Å². The lowest BCUT2D eigenvalue weighted by Gasteiger charge is -2.27. The van der Waals surface area contributed by atoms with Crippen LogP contribution in [0.2, 0.25) is 0 Å². The van der Waals surface area contributed by atoms with Crippen LogP contribution in [-0.2, 0) is 11.8 Å². The fraction of sp³-hybridized carbons (Fsp3) is 0.474. The maximum Gasteiger partial charge on any atom is 0.272 e. The third-order valence-corrected chi connectivity index (χ3v) is 5.20. The lowest BCUT2D eigenvalue weighted by molar-refractivity contribution is -0.134. The number of rotatable bonds is 4. The summed E-state index contributed by atoms with van der Waals surface area (Å²) in [4.78, 5) is 33.7. The average molecular weight is 369 g/mol. The van der Waals surface area contributed by atoms with E-state index in [0.29, 0.717) is 24.4 Å². The molecular formula is C19H23N5O3. The summed E-state index contributed by atoms with van der Waals surface area (Å²) in [5, 5.41) is 4.08. The van der Waals surface area contributed by atoms with Crippen molar-refractivity contribution in [2.45, 2.75) is 31.4 Å². The van der Waals surface area contributed by atoms with E-state index in [-0.39, 0.29) is 17.9 Å². The lowest BCUT2D eigenvalue weighted by atomic mass is 10.1. The highest BCUT2D eigenvalue weighted by atomic mass is 16.5. The molecule has 0 aliphatic carbocycles. The van der Waals surface area contributed by atoms with Crippen molar-refractivity contribution in [3.8, 4) is 5.75 Å². The van der Waals surface area contributed by atoms with Crippen LogP contribution in [0.4, 0.5) is 0 Å². The summed E-state index contributed by atoms with van der Waals surface area (Å²) >= 11 is 0. The Labute approximate surface area is 157 Å². The van der Waals surface area contributed by atoms with Crippen LogP contribution >= 0.6 is 0 Å². The zero-order valence-corrected chi connectivity index (χ0v) is 15.3. The van der Waals surface area contributed by atoms with E-state index < -0.39 is 6.04 Å². The molecule has 142 valence electrons. The summed E-state index contributed by atoms with van der Waals surface area (Å²) in [5.74, 6) is 0.467. The summed E-state index contributed by atoms with van der Waals surface area (Å²) in [7, 11) is 1.73. The van der Waals surface area contributed by atoms with Crippen molar-refractivity contribution in [2.24, 2.45) is 7.05 Å². The fourth-order valence-electron chi connectivity index (χ4n) is 3.83. The van der Waals surface area contributed by atoms with Gasteiger partial charge in [-0.15, -0.1) is 0 Å². The van der Waals surface area contributed by atoms with E-state index in [1.807, 2.05) is 11.0 Å². The number of amides is 2. The number of carbonyl (C=O) groups excluding carboxylic acids is 2. The minimum absolute atomic E-state index is 0.0142. The van der Waals surface area contributed by atoms with Crippen molar-refractivity contribution in [2.75, 3.05) is 19.6 Å². The minimum atomic E-state index is -0.507. The number of hydrogen-bond acceptors (Lipinski definition) is 5. The molecule has 2 aliphatic heterocycles. The number of carbonyl (C=O) groups is 2. The second-order valence-electron chi connectivity index (χ2n) is 7.01. The van der Waals surface area contributed by atoms with Crippen molar-refractivity contribution in [1.29, 1.82) is 0 Å². The fourth-order valence-corrected chi connectivity index (χ4v) is 3.83. The summed E-state index contributed by atoms with van der Waals surface area (Å²) in [6.45, 7) is 1.89. The van der Waals surface area contributed by atoms with Crippen LogP contribution in [-0.4, -0.2) is 68.2 Å². The van der Waals surface area contributed by atoms with Crippen molar-refractivity contribution in [3.05, 3.63) is 42.5 Å². The molecule has 0 aromatic carbocycles. The van der Waals surface area contributed by atoms with Gasteiger partial charge in [0.15, 0.2) is 0 Å². The Hall–Kier alpha value is -2.90. The van der Waals surface area contributed by atoms with Gasteiger partial charge in [-0.2, -0.15) is 5.10 Å². The Balaban J connectivity index is 1.56. The van der Waals surface area contributed by atoms with Gasteiger partial charge in [0.25, 0.3) is 5.91 Å². The molecule has 8 heteroatoms. The number of ether oxygens (including phenoxy) is 1. The van der Waals surface area contributed by atoms with Crippen molar-refractivity contribution >= 4 is 11.8 Å². The average Bonchev–Trinajstić information content (AvgIpc) is 3.42. The molecule has 27 heavy (non-hydrogen) atoms. The van der Waals surface area contributed by atoms with Gasteiger partial charge in [-0.05, 0) is 31.0 Å². The Morgan fingerprint density at radius 3 is 2.67 bits per heavy atom. The van der Waals surface area contributed by atoms with E-state index in [2.05, 4.69) is 10.1 Å². The summed E-state index contributed by atoms with van der Waals surface area (Å²) in [6.07, 6.45) is 7.18. The molecular weight excluding hydrogens is 346 g/mol. The van der Waals surface area contributed by atoms with Crippen LogP contribution in [0.5, 0.6) is 5.75 Å². The molecule has 0 N–H and O–H groups in total. The molecule has 2 saturated heterocycles. The van der Waals surface area contributed by atoms with Gasteiger partial charge in [0.2, 0.25) is 5.91 Å². The first-order valence-electron chi connectivity index (χ1n) is 9.28. The molecule has 4 heterocycles. The predicted octanol–water partition coefficient (Wildman–Crippen LogP) is 1.10. The normalized spacial score (nSPS) is 22.3. The predicted molar refractivity (Wildman–Crippen MR) is 97.1 cm³/mol. The highest BCUT2D eigenvalue weighted by Gasteiger charge is 2.43. The summed E-state index contributed by atoms with van der Waals surface area (Å²) < 4.78 is 7.53. The maximum atomic E-state index is 13.1. The summed E-state index contributed by atoms with van der Waals surface area (Å²) in [6, 6.07) is 4.80. The van der Waals surface area contributed by atoms with Gasteiger partial charge >= 0.3 is 0 Å². The highest BCUT2D eigenvalue weighted by molar-refractivity contribution is 5.96. The first-order valence-corrected chi connectivity index (χ1v) is 9.28. The Morgan fingerprint density at radius 1 is 1.19 bits per heavy atom. The number of aryl methyl sites for hydroxylation is 1. The van der Waals surface area contributed by atoms with Gasteiger partial charge in [-0.25, -0.2) is 0 Å². The van der Waals surface area contributed by atoms with Crippen molar-refractivity contribution < 1.29 is 14.3 Å². The second-order valence-corrected chi connectivity index (χ2v) is 7.01. The number of aromatic nitrogens is 3. The standard InChI is InChI=1S/C19H23N5O3/c1-22-16(6-8-21-22)19(26)24-13-15(27-14-5-4-7-20-12-14)11-17(24)18(25)23-9-2-3-10-23/h4-8,12,15,17H,2-3,9-11,13H2,1H3/t15-,17-/m0/s1. The van der Waals surface area contributed by atoms with Gasteiger partial charge in [-0.3, -0.25) is 19.3 Å². The molecule has 2 amide bonds. The van der Waals surface area contributed by atoms with E-state index in [9.17, 15) is 9.59 Å². The largest absolute Gasteiger partial charge is 0.487 e. The van der Waals surface area contributed by atoms with E-state index in [1.165, 1.54) is 4.68 Å². The minimum Gasteiger partial charge on any atom is -0.487 e. The number of likely N-dealkylation sites (tertiary alicyclic amines) is 2. The molecule has 0 saturated carbocycles. The van der Waals surface area contributed by atoms with Crippen molar-refractivity contribution in [3.63, 3.8) is 0 Å². The third kappa shape index (κ3) is 3.51. The molecule has 0 spiro atoms. The number of nitrogens with zero attached hydrogens (tertiary/aromatic N) is 5. The number of pyridine rings is 1. The van der Waals surface area contributed by atoms with Gasteiger partial charge in [0.1, 0.15) is 23.6 Å². The summed E-state index contributed by atoms with van der Waals surface area (Å²) in [5.41, 5.74) is 0.469.